The Kier molecular flexibility index (Phi) is 5.20. The first-order valence-corrected chi connectivity index (χ1v) is 9.59. The molecule has 1 fully saturated rings. The summed E-state index contributed by atoms with van der Waals surface area (Å²) in [5, 5.41) is 18.9. The summed E-state index contributed by atoms with van der Waals surface area (Å²) in [5.74, 6) is 6.72. The molecule has 1 atom stereocenters. The molecule has 5 N–H and O–H groups in total. The zero-order valence-electron chi connectivity index (χ0n) is 16.5. The van der Waals surface area contributed by atoms with Crippen LogP contribution in [0.25, 0.3) is 16.9 Å². The summed E-state index contributed by atoms with van der Waals surface area (Å²) >= 11 is 0. The molecule has 0 spiro atoms. The number of nitrogens with zero attached hydrogens (tertiary/aromatic N) is 6. The van der Waals surface area contributed by atoms with Crippen LogP contribution in [0.3, 0.4) is 0 Å². The van der Waals surface area contributed by atoms with Gasteiger partial charge in [0.1, 0.15) is 12.2 Å². The first kappa shape index (κ1) is 19.6. The van der Waals surface area contributed by atoms with Crippen molar-refractivity contribution in [3.63, 3.8) is 0 Å². The number of nitrogens with one attached hydrogen (secondary N) is 1. The molecule has 1 saturated carbocycles. The lowest BCUT2D eigenvalue weighted by atomic mass is 10.2. The molecule has 9 nitrogen and oxygen atoms in total. The second-order valence-corrected chi connectivity index (χ2v) is 7.38. The number of aromatic nitrogens is 4. The highest BCUT2D eigenvalue weighted by atomic mass is 19.1. The maximum atomic E-state index is 13.2. The first-order chi connectivity index (χ1) is 14.4. The molecule has 1 unspecified atom stereocenters. The van der Waals surface area contributed by atoms with Crippen molar-refractivity contribution in [2.75, 3.05) is 10.3 Å². The fraction of sp³-hybridized carbons (Fsp3) is 0.300. The molecule has 3 aromatic heterocycles. The van der Waals surface area contributed by atoms with Crippen molar-refractivity contribution in [1.29, 1.82) is 5.26 Å². The van der Waals surface area contributed by atoms with Gasteiger partial charge in [-0.1, -0.05) is 0 Å². The molecule has 4 rings (SSSR count). The lowest BCUT2D eigenvalue weighted by molar-refractivity contribution is 0.358. The summed E-state index contributed by atoms with van der Waals surface area (Å²) in [6.45, 7) is 1.44. The number of hydrogen-bond acceptors (Lipinski definition) is 8. The van der Waals surface area contributed by atoms with Gasteiger partial charge in [-0.15, -0.1) is 0 Å². The Bertz CT molecular complexity index is 1140. The van der Waals surface area contributed by atoms with E-state index in [1.165, 1.54) is 24.3 Å². The third-order valence-electron chi connectivity index (χ3n) is 4.66. The highest BCUT2D eigenvalue weighted by Gasteiger charge is 2.23. The van der Waals surface area contributed by atoms with Crippen LogP contribution in [0.2, 0.25) is 0 Å². The van der Waals surface area contributed by atoms with Gasteiger partial charge in [0.05, 0.1) is 29.3 Å². The SMILES string of the molecule is CC(F)C/C(N)=C/N(N)c1cnc(-n2ncc3cc(C#N)cnc32)cc1NC1CC1. The molecule has 0 aromatic carbocycles. The summed E-state index contributed by atoms with van der Waals surface area (Å²) in [6.07, 6.45) is 7.44. The topological polar surface area (TPSA) is 135 Å². The molecule has 1 aliphatic rings. The van der Waals surface area contributed by atoms with Crippen molar-refractivity contribution in [3.05, 3.63) is 48.2 Å². The van der Waals surface area contributed by atoms with Gasteiger partial charge in [0.25, 0.3) is 0 Å². The summed E-state index contributed by atoms with van der Waals surface area (Å²) in [4.78, 5) is 8.82. The predicted octanol–water partition coefficient (Wildman–Crippen LogP) is 2.49. The number of alkyl halides is 1. The number of allylic oxidation sites excluding steroid dienone is 1. The normalized spacial score (nSPS) is 15.1. The largest absolute Gasteiger partial charge is 0.401 e. The number of anilines is 2. The minimum atomic E-state index is -1.05. The third-order valence-corrected chi connectivity index (χ3v) is 4.66. The van der Waals surface area contributed by atoms with E-state index in [2.05, 4.69) is 26.5 Å². The van der Waals surface area contributed by atoms with Crippen LogP contribution in [-0.4, -0.2) is 32.0 Å². The van der Waals surface area contributed by atoms with Gasteiger partial charge in [-0.25, -0.2) is 20.2 Å². The maximum Gasteiger partial charge on any atom is 0.164 e. The van der Waals surface area contributed by atoms with Crippen molar-refractivity contribution in [2.45, 2.75) is 38.4 Å². The number of hydrogen-bond donors (Lipinski definition) is 3. The molecule has 0 saturated heterocycles. The highest BCUT2D eigenvalue weighted by Crippen LogP contribution is 2.32. The molecule has 10 heteroatoms. The molecular formula is C20H22FN9. The zero-order chi connectivity index (χ0) is 21.3. The second-order valence-electron chi connectivity index (χ2n) is 7.38. The third kappa shape index (κ3) is 4.16. The van der Waals surface area contributed by atoms with Gasteiger partial charge in [0.15, 0.2) is 11.5 Å². The molecule has 3 aromatic rings. The summed E-state index contributed by atoms with van der Waals surface area (Å²) < 4.78 is 14.8. The quantitative estimate of drug-likeness (QED) is 0.402. The van der Waals surface area contributed by atoms with E-state index in [0.717, 1.165) is 23.9 Å². The standard InChI is InChI=1S/C20H22FN9/c1-12(21)4-15(23)11-29(24)18-10-25-19(6-17(18)28-16-2-3-16)30-20-14(9-27-30)5-13(7-22)8-26-20/h5-6,8-12,16H,2-4,23-24H2,1H3,(H,25,28)/b15-11-. The van der Waals surface area contributed by atoms with Crippen LogP contribution >= 0.6 is 0 Å². The minimum Gasteiger partial charge on any atom is -0.401 e. The minimum absolute atomic E-state index is 0.0975. The summed E-state index contributed by atoms with van der Waals surface area (Å²) in [7, 11) is 0. The van der Waals surface area contributed by atoms with E-state index >= 15 is 0 Å². The average Bonchev–Trinajstić information content (AvgIpc) is 3.42. The number of nitrogens with two attached hydrogens (primary N) is 2. The molecule has 3 heterocycles. The summed E-state index contributed by atoms with van der Waals surface area (Å²) in [6, 6.07) is 6.00. The molecular weight excluding hydrogens is 385 g/mol. The van der Waals surface area contributed by atoms with Crippen LogP contribution in [0.15, 0.2) is 42.6 Å². The highest BCUT2D eigenvalue weighted by molar-refractivity contribution is 5.78. The van der Waals surface area contributed by atoms with E-state index in [9.17, 15) is 4.39 Å². The molecule has 0 bridgehead atoms. The number of halogens is 1. The average molecular weight is 407 g/mol. The Hall–Kier alpha value is -3.71. The van der Waals surface area contributed by atoms with Crippen molar-refractivity contribution in [2.24, 2.45) is 11.6 Å². The second kappa shape index (κ2) is 7.96. The van der Waals surface area contributed by atoms with E-state index in [1.54, 1.807) is 23.1 Å². The van der Waals surface area contributed by atoms with Crippen molar-refractivity contribution in [3.8, 4) is 11.9 Å². The van der Waals surface area contributed by atoms with E-state index in [4.69, 9.17) is 16.8 Å². The number of nitriles is 1. The molecule has 154 valence electrons. The van der Waals surface area contributed by atoms with Crippen LogP contribution < -0.4 is 21.9 Å². The number of pyridine rings is 2. The Morgan fingerprint density at radius 3 is 2.90 bits per heavy atom. The van der Waals surface area contributed by atoms with E-state index in [0.29, 0.717) is 34.5 Å². The molecule has 0 radical (unpaired) electrons. The Morgan fingerprint density at radius 1 is 1.40 bits per heavy atom. The van der Waals surface area contributed by atoms with E-state index < -0.39 is 6.17 Å². The predicted molar refractivity (Wildman–Crippen MR) is 112 cm³/mol. The Morgan fingerprint density at radius 2 is 2.20 bits per heavy atom. The van der Waals surface area contributed by atoms with Gasteiger partial charge in [0.2, 0.25) is 0 Å². The fourth-order valence-electron chi connectivity index (χ4n) is 3.10. The van der Waals surface area contributed by atoms with Crippen molar-refractivity contribution < 1.29 is 4.39 Å². The van der Waals surface area contributed by atoms with Gasteiger partial charge in [0, 0.05) is 42.0 Å². The molecule has 30 heavy (non-hydrogen) atoms. The van der Waals surface area contributed by atoms with Gasteiger partial charge in [-0.2, -0.15) is 15.0 Å². The van der Waals surface area contributed by atoms with E-state index in [1.807, 2.05) is 6.07 Å². The lowest BCUT2D eigenvalue weighted by Gasteiger charge is -2.20. The van der Waals surface area contributed by atoms with Gasteiger partial charge >= 0.3 is 0 Å². The van der Waals surface area contributed by atoms with Crippen LogP contribution in [0.1, 0.15) is 31.7 Å². The van der Waals surface area contributed by atoms with Crippen LogP contribution in [0.4, 0.5) is 15.8 Å². The van der Waals surface area contributed by atoms with Crippen molar-refractivity contribution >= 4 is 22.4 Å². The fourth-order valence-corrected chi connectivity index (χ4v) is 3.10. The number of rotatable bonds is 7. The maximum absolute atomic E-state index is 13.2. The number of hydrazine groups is 1. The summed E-state index contributed by atoms with van der Waals surface area (Å²) in [5.41, 5.74) is 8.65. The Labute approximate surface area is 172 Å². The van der Waals surface area contributed by atoms with Gasteiger partial charge in [-0.3, -0.25) is 5.01 Å². The molecule has 0 aliphatic heterocycles. The first-order valence-electron chi connectivity index (χ1n) is 9.59. The molecule has 0 amide bonds. The van der Waals surface area contributed by atoms with Crippen LogP contribution in [0, 0.1) is 11.3 Å². The lowest BCUT2D eigenvalue weighted by Crippen LogP contribution is -2.28. The van der Waals surface area contributed by atoms with E-state index in [-0.39, 0.29) is 6.42 Å². The molecule has 1 aliphatic carbocycles. The number of fused-ring (bicyclic) bond motifs is 1. The smallest absolute Gasteiger partial charge is 0.164 e. The van der Waals surface area contributed by atoms with Gasteiger partial charge < -0.3 is 11.1 Å². The van der Waals surface area contributed by atoms with Crippen LogP contribution in [-0.2, 0) is 0 Å². The monoisotopic (exact) mass is 407 g/mol. The zero-order valence-corrected chi connectivity index (χ0v) is 16.5. The van der Waals surface area contributed by atoms with Gasteiger partial charge in [-0.05, 0) is 25.8 Å². The Balaban J connectivity index is 1.70. The van der Waals surface area contributed by atoms with Crippen LogP contribution in [0.5, 0.6) is 0 Å². The van der Waals surface area contributed by atoms with Crippen molar-refractivity contribution in [1.82, 2.24) is 19.7 Å².